The Morgan fingerprint density at radius 1 is 1.62 bits per heavy atom. The summed E-state index contributed by atoms with van der Waals surface area (Å²) in [4.78, 5) is 14.5. The van der Waals surface area contributed by atoms with Gasteiger partial charge in [-0.05, 0) is 10.4 Å². The number of hydrogen-bond donors (Lipinski definition) is 3. The van der Waals surface area contributed by atoms with Gasteiger partial charge in [-0.3, -0.25) is 9.78 Å². The van der Waals surface area contributed by atoms with E-state index >= 15 is 0 Å². The number of aliphatic hydroxyl groups is 1. The Balaban J connectivity index is 2.15. The third-order valence-corrected chi connectivity index (χ3v) is 1.91. The van der Waals surface area contributed by atoms with Gasteiger partial charge in [-0.2, -0.15) is 4.52 Å². The van der Waals surface area contributed by atoms with Crippen molar-refractivity contribution in [2.24, 2.45) is 5.73 Å². The van der Waals surface area contributed by atoms with Gasteiger partial charge in [-0.1, -0.05) is 0 Å². The van der Waals surface area contributed by atoms with Crippen LogP contribution in [0, 0.1) is 0 Å². The van der Waals surface area contributed by atoms with E-state index < -0.39 is 12.0 Å². The van der Waals surface area contributed by atoms with Crippen molar-refractivity contribution in [2.45, 2.75) is 6.10 Å². The maximum absolute atomic E-state index is 10.6. The van der Waals surface area contributed by atoms with Gasteiger partial charge in [0.1, 0.15) is 6.10 Å². The molecule has 2 rings (SSSR count). The van der Waals surface area contributed by atoms with E-state index in [1.165, 1.54) is 16.9 Å². The van der Waals surface area contributed by atoms with Crippen LogP contribution in [0.3, 0.4) is 0 Å². The number of tetrazole rings is 1. The zero-order chi connectivity index (χ0) is 11.5. The van der Waals surface area contributed by atoms with Crippen LogP contribution >= 0.6 is 0 Å². The summed E-state index contributed by atoms with van der Waals surface area (Å²) in [6.45, 7) is -0.0318. The molecule has 16 heavy (non-hydrogen) atoms. The summed E-state index contributed by atoms with van der Waals surface area (Å²) in [5.74, 6) is -0.341. The van der Waals surface area contributed by atoms with Crippen molar-refractivity contribution >= 4 is 17.4 Å². The van der Waals surface area contributed by atoms with E-state index in [1.54, 1.807) is 0 Å². The predicted octanol–water partition coefficient (Wildman–Crippen LogP) is -2.22. The van der Waals surface area contributed by atoms with Crippen LogP contribution in [-0.4, -0.2) is 48.7 Å². The van der Waals surface area contributed by atoms with Crippen LogP contribution in [0.15, 0.2) is 12.4 Å². The third-order valence-electron chi connectivity index (χ3n) is 1.91. The van der Waals surface area contributed by atoms with Crippen LogP contribution in [0.25, 0.3) is 5.65 Å². The zero-order valence-electron chi connectivity index (χ0n) is 8.11. The van der Waals surface area contributed by atoms with Gasteiger partial charge in [0, 0.05) is 0 Å². The smallest absolute Gasteiger partial charge is 0.248 e. The van der Waals surface area contributed by atoms with E-state index in [1.807, 2.05) is 0 Å². The molecule has 1 unspecified atom stereocenters. The molecule has 2 heterocycles. The van der Waals surface area contributed by atoms with Gasteiger partial charge >= 0.3 is 0 Å². The number of fused-ring (bicyclic) bond motifs is 1. The number of carbonyl (C=O) groups excluding carboxylic acids is 1. The maximum Gasteiger partial charge on any atom is 0.248 e. The number of rotatable bonds is 4. The fraction of sp³-hybridized carbons (Fsp3) is 0.286. The highest BCUT2D eigenvalue weighted by Gasteiger charge is 2.11. The van der Waals surface area contributed by atoms with Crippen LogP contribution in [0.5, 0.6) is 0 Å². The van der Waals surface area contributed by atoms with Gasteiger partial charge in [0.15, 0.2) is 11.5 Å². The molecule has 0 radical (unpaired) electrons. The first kappa shape index (κ1) is 10.2. The topological polar surface area (TPSA) is 131 Å². The van der Waals surface area contributed by atoms with E-state index in [9.17, 15) is 9.90 Å². The first-order valence-corrected chi connectivity index (χ1v) is 4.42. The van der Waals surface area contributed by atoms with Crippen molar-refractivity contribution in [3.63, 3.8) is 0 Å². The molecule has 9 heteroatoms. The molecule has 0 fully saturated rings. The van der Waals surface area contributed by atoms with E-state index in [-0.39, 0.29) is 6.54 Å². The van der Waals surface area contributed by atoms with Gasteiger partial charge in [0.2, 0.25) is 5.91 Å². The monoisotopic (exact) mass is 223 g/mol. The van der Waals surface area contributed by atoms with Gasteiger partial charge < -0.3 is 16.2 Å². The summed E-state index contributed by atoms with van der Waals surface area (Å²) >= 11 is 0. The molecule has 0 aliphatic carbocycles. The molecule has 0 saturated heterocycles. The fourth-order valence-electron chi connectivity index (χ4n) is 1.10. The Bertz CT molecular complexity index is 510. The van der Waals surface area contributed by atoms with Gasteiger partial charge in [0.25, 0.3) is 0 Å². The minimum absolute atomic E-state index is 0.0318. The number of carbonyl (C=O) groups is 1. The molecule has 0 spiro atoms. The second-order valence-electron chi connectivity index (χ2n) is 3.04. The normalized spacial score (nSPS) is 12.6. The molecule has 1 amide bonds. The third kappa shape index (κ3) is 1.88. The molecular weight excluding hydrogens is 214 g/mol. The minimum atomic E-state index is -1.27. The largest absolute Gasteiger partial charge is 0.381 e. The lowest BCUT2D eigenvalue weighted by molar-refractivity contribution is -0.125. The molecule has 4 N–H and O–H groups in total. The van der Waals surface area contributed by atoms with E-state index in [4.69, 9.17) is 5.73 Å². The summed E-state index contributed by atoms with van der Waals surface area (Å²) in [5, 5.41) is 22.8. The zero-order valence-corrected chi connectivity index (χ0v) is 8.11. The van der Waals surface area contributed by atoms with Crippen LogP contribution in [-0.2, 0) is 4.79 Å². The number of hydrogen-bond acceptors (Lipinski definition) is 7. The highest BCUT2D eigenvalue weighted by molar-refractivity contribution is 5.79. The number of nitrogens with two attached hydrogens (primary N) is 1. The van der Waals surface area contributed by atoms with Crippen LogP contribution in [0.2, 0.25) is 0 Å². The van der Waals surface area contributed by atoms with Crippen molar-refractivity contribution < 1.29 is 9.90 Å². The Morgan fingerprint density at radius 2 is 2.44 bits per heavy atom. The van der Waals surface area contributed by atoms with Crippen molar-refractivity contribution in [2.75, 3.05) is 11.9 Å². The fourth-order valence-corrected chi connectivity index (χ4v) is 1.10. The van der Waals surface area contributed by atoms with Crippen molar-refractivity contribution in [3.05, 3.63) is 12.4 Å². The van der Waals surface area contributed by atoms with Gasteiger partial charge in [-0.15, -0.1) is 5.10 Å². The molecule has 0 aromatic carbocycles. The van der Waals surface area contributed by atoms with E-state index in [0.717, 1.165) is 0 Å². The van der Waals surface area contributed by atoms with E-state index in [0.29, 0.717) is 11.5 Å². The van der Waals surface area contributed by atoms with Crippen molar-refractivity contribution in [1.82, 2.24) is 25.0 Å². The van der Waals surface area contributed by atoms with Crippen LogP contribution in [0.4, 0.5) is 5.82 Å². The number of nitrogens with zero attached hydrogens (tertiary/aromatic N) is 5. The number of aromatic nitrogens is 5. The Morgan fingerprint density at radius 3 is 3.19 bits per heavy atom. The highest BCUT2D eigenvalue weighted by Crippen LogP contribution is 2.05. The first-order chi connectivity index (χ1) is 7.68. The molecule has 0 aliphatic heterocycles. The lowest BCUT2D eigenvalue weighted by Gasteiger charge is -2.09. The SMILES string of the molecule is NC(=O)C(O)CNc1cncc2nnnn12. The molecule has 0 aliphatic rings. The first-order valence-electron chi connectivity index (χ1n) is 4.42. The lowest BCUT2D eigenvalue weighted by atomic mass is 10.3. The highest BCUT2D eigenvalue weighted by atomic mass is 16.3. The Labute approximate surface area is 89.3 Å². The Hall–Kier alpha value is -2.29. The molecular formula is C7H9N7O2. The number of anilines is 1. The lowest BCUT2D eigenvalue weighted by Crippen LogP contribution is -2.34. The predicted molar refractivity (Wildman–Crippen MR) is 52.3 cm³/mol. The quantitative estimate of drug-likeness (QED) is 0.534. The van der Waals surface area contributed by atoms with E-state index in [2.05, 4.69) is 25.8 Å². The van der Waals surface area contributed by atoms with Gasteiger partial charge in [-0.25, -0.2) is 0 Å². The average Bonchev–Trinajstić information content (AvgIpc) is 2.73. The van der Waals surface area contributed by atoms with Gasteiger partial charge in [0.05, 0.1) is 18.9 Å². The number of nitrogens with one attached hydrogen (secondary N) is 1. The summed E-state index contributed by atoms with van der Waals surface area (Å²) in [5.41, 5.74) is 5.36. The summed E-state index contributed by atoms with van der Waals surface area (Å²) in [6, 6.07) is 0. The molecule has 2 aromatic heterocycles. The van der Waals surface area contributed by atoms with Crippen LogP contribution < -0.4 is 11.1 Å². The molecule has 0 bridgehead atoms. The molecule has 84 valence electrons. The van der Waals surface area contributed by atoms with Crippen LogP contribution in [0.1, 0.15) is 0 Å². The summed E-state index contributed by atoms with van der Waals surface area (Å²) < 4.78 is 1.39. The molecule has 1 atom stereocenters. The second-order valence-corrected chi connectivity index (χ2v) is 3.04. The maximum atomic E-state index is 10.6. The summed E-state index contributed by atoms with van der Waals surface area (Å²) in [7, 11) is 0. The second kappa shape index (κ2) is 4.06. The molecule has 9 nitrogen and oxygen atoms in total. The summed E-state index contributed by atoms with van der Waals surface area (Å²) in [6.07, 6.45) is 1.68. The molecule has 0 saturated carbocycles. The average molecular weight is 223 g/mol. The van der Waals surface area contributed by atoms with Crippen molar-refractivity contribution in [3.8, 4) is 0 Å². The minimum Gasteiger partial charge on any atom is -0.381 e. The molecule has 2 aromatic rings. The van der Waals surface area contributed by atoms with Crippen molar-refractivity contribution in [1.29, 1.82) is 0 Å². The Kier molecular flexibility index (Phi) is 2.60. The number of aliphatic hydroxyl groups excluding tert-OH is 1. The standard InChI is InChI=1S/C7H9N7O2/c8-7(16)4(15)1-10-5-2-9-3-6-11-12-13-14(5)6/h2-4,10,15H,1H2,(H2,8,16). The number of amides is 1. The number of primary amides is 1.